The van der Waals surface area contributed by atoms with E-state index in [2.05, 4.69) is 35.2 Å². The number of hydrogen-bond donors (Lipinski definition) is 1. The molecule has 2 aliphatic rings. The van der Waals surface area contributed by atoms with Crippen LogP contribution in [0.25, 0.3) is 10.2 Å². The molecule has 2 saturated heterocycles. The van der Waals surface area contributed by atoms with Crippen LogP contribution in [-0.4, -0.2) is 45.8 Å². The van der Waals surface area contributed by atoms with Gasteiger partial charge in [-0.1, -0.05) is 13.8 Å². The van der Waals surface area contributed by atoms with E-state index in [0.717, 1.165) is 53.1 Å². The molecule has 4 heterocycles. The van der Waals surface area contributed by atoms with Crippen LogP contribution in [0, 0.1) is 0 Å². The number of carbonyl (C=O) groups is 1. The van der Waals surface area contributed by atoms with E-state index in [0.29, 0.717) is 18.0 Å². The molecule has 132 valence electrons. The van der Waals surface area contributed by atoms with E-state index in [4.69, 9.17) is 0 Å². The summed E-state index contributed by atoms with van der Waals surface area (Å²) in [4.78, 5) is 17.3. The molecule has 2 atom stereocenters. The highest BCUT2D eigenvalue weighted by Gasteiger charge is 2.39. The molecule has 2 fully saturated rings. The summed E-state index contributed by atoms with van der Waals surface area (Å²) in [5.41, 5.74) is 1.10. The second-order valence-corrected chi connectivity index (χ2v) is 8.11. The van der Waals surface area contributed by atoms with E-state index in [9.17, 15) is 4.79 Å². The molecule has 0 saturated carbocycles. The van der Waals surface area contributed by atoms with Crippen LogP contribution in [0.4, 0.5) is 0 Å². The number of aryl methyl sites for hydroxylation is 1. The number of carbonyl (C=O) groups excluding carboxylic acids is 1. The number of nitrogens with one attached hydrogen (secondary N) is 1. The van der Waals surface area contributed by atoms with Gasteiger partial charge in [-0.15, -0.1) is 23.7 Å². The third kappa shape index (κ3) is 2.74. The van der Waals surface area contributed by atoms with E-state index < -0.39 is 0 Å². The van der Waals surface area contributed by atoms with Crippen LogP contribution in [-0.2, 0) is 7.05 Å². The molecule has 4 rings (SSSR count). The molecule has 1 N–H and O–H groups in total. The van der Waals surface area contributed by atoms with Gasteiger partial charge >= 0.3 is 0 Å². The Morgan fingerprint density at radius 3 is 2.83 bits per heavy atom. The lowest BCUT2D eigenvalue weighted by atomic mass is 10.1. The minimum atomic E-state index is 0. The van der Waals surface area contributed by atoms with Crippen molar-refractivity contribution >= 4 is 39.9 Å². The maximum atomic E-state index is 13.2. The third-order valence-electron chi connectivity index (χ3n) is 5.19. The van der Waals surface area contributed by atoms with Crippen LogP contribution in [0.15, 0.2) is 6.07 Å². The Morgan fingerprint density at radius 2 is 2.08 bits per heavy atom. The topological polar surface area (TPSA) is 50.2 Å². The lowest BCUT2D eigenvalue weighted by molar-refractivity contribution is 0.0685. The Balaban J connectivity index is 0.00000169. The Morgan fingerprint density at radius 1 is 1.33 bits per heavy atom. The molecule has 2 aromatic heterocycles. The van der Waals surface area contributed by atoms with Crippen molar-refractivity contribution in [3.8, 4) is 0 Å². The van der Waals surface area contributed by atoms with Crippen LogP contribution in [0.2, 0.25) is 0 Å². The van der Waals surface area contributed by atoms with Gasteiger partial charge in [-0.2, -0.15) is 5.10 Å². The number of hydrogen-bond acceptors (Lipinski definition) is 4. The van der Waals surface area contributed by atoms with Gasteiger partial charge in [0.05, 0.1) is 10.6 Å². The molecule has 7 heteroatoms. The van der Waals surface area contributed by atoms with Crippen molar-refractivity contribution in [2.75, 3.05) is 13.1 Å². The summed E-state index contributed by atoms with van der Waals surface area (Å²) in [5, 5.41) is 9.23. The molecule has 2 aliphatic heterocycles. The zero-order chi connectivity index (χ0) is 16.1. The van der Waals surface area contributed by atoms with Crippen LogP contribution < -0.4 is 5.32 Å². The van der Waals surface area contributed by atoms with Crippen molar-refractivity contribution in [1.29, 1.82) is 0 Å². The number of rotatable bonds is 2. The van der Waals surface area contributed by atoms with Gasteiger partial charge in [-0.25, -0.2) is 0 Å². The first-order valence-corrected chi connectivity index (χ1v) is 9.37. The van der Waals surface area contributed by atoms with Crippen molar-refractivity contribution in [2.24, 2.45) is 7.05 Å². The fraction of sp³-hybridized carbons (Fsp3) is 0.647. The average Bonchev–Trinajstić information content (AvgIpc) is 3.11. The predicted molar refractivity (Wildman–Crippen MR) is 100 cm³/mol. The van der Waals surface area contributed by atoms with E-state index >= 15 is 0 Å². The Kier molecular flexibility index (Phi) is 4.91. The molecule has 24 heavy (non-hydrogen) atoms. The summed E-state index contributed by atoms with van der Waals surface area (Å²) >= 11 is 1.59. The summed E-state index contributed by atoms with van der Waals surface area (Å²) in [7, 11) is 1.97. The minimum absolute atomic E-state index is 0. The van der Waals surface area contributed by atoms with Crippen molar-refractivity contribution < 1.29 is 4.79 Å². The monoisotopic (exact) mass is 368 g/mol. The van der Waals surface area contributed by atoms with Gasteiger partial charge in [0, 0.05) is 31.1 Å². The lowest BCUT2D eigenvalue weighted by Gasteiger charge is -2.27. The number of fused-ring (bicyclic) bond motifs is 3. The summed E-state index contributed by atoms with van der Waals surface area (Å²) in [6, 6.07) is 2.85. The quantitative estimate of drug-likeness (QED) is 0.885. The molecular weight excluding hydrogens is 344 g/mol. The molecule has 2 bridgehead atoms. The van der Waals surface area contributed by atoms with Crippen molar-refractivity contribution in [2.45, 2.75) is 51.1 Å². The molecule has 2 aromatic rings. The summed E-state index contributed by atoms with van der Waals surface area (Å²) < 4.78 is 1.92. The highest BCUT2D eigenvalue weighted by molar-refractivity contribution is 7.20. The highest BCUT2D eigenvalue weighted by atomic mass is 35.5. The predicted octanol–water partition coefficient (Wildman–Crippen LogP) is 3.15. The summed E-state index contributed by atoms with van der Waals surface area (Å²) in [6.07, 6.45) is 3.36. The third-order valence-corrected chi connectivity index (χ3v) is 6.38. The first kappa shape index (κ1) is 17.7. The second-order valence-electron chi connectivity index (χ2n) is 7.08. The molecule has 0 radical (unpaired) electrons. The van der Waals surface area contributed by atoms with E-state index in [1.807, 2.05) is 11.7 Å². The molecule has 0 aromatic carbocycles. The molecule has 0 aliphatic carbocycles. The first-order valence-electron chi connectivity index (χ1n) is 8.56. The van der Waals surface area contributed by atoms with Crippen LogP contribution in [0.5, 0.6) is 0 Å². The average molecular weight is 369 g/mol. The van der Waals surface area contributed by atoms with Gasteiger partial charge < -0.3 is 10.2 Å². The first-order chi connectivity index (χ1) is 11.1. The summed E-state index contributed by atoms with van der Waals surface area (Å²) in [6.45, 7) is 6.27. The van der Waals surface area contributed by atoms with Gasteiger partial charge in [0.15, 0.2) is 0 Å². The lowest BCUT2D eigenvalue weighted by Crippen LogP contribution is -2.42. The molecule has 1 amide bonds. The normalized spacial score (nSPS) is 23.6. The van der Waals surface area contributed by atoms with Crippen LogP contribution in [0.3, 0.4) is 0 Å². The van der Waals surface area contributed by atoms with E-state index in [1.54, 1.807) is 11.3 Å². The van der Waals surface area contributed by atoms with Crippen molar-refractivity contribution in [3.05, 3.63) is 16.6 Å². The van der Waals surface area contributed by atoms with Gasteiger partial charge in [-0.05, 0) is 37.8 Å². The van der Waals surface area contributed by atoms with Crippen LogP contribution >= 0.6 is 23.7 Å². The fourth-order valence-electron chi connectivity index (χ4n) is 4.04. The van der Waals surface area contributed by atoms with E-state index in [-0.39, 0.29) is 18.3 Å². The summed E-state index contributed by atoms with van der Waals surface area (Å²) in [5.74, 6) is 0.590. The number of amides is 1. The molecular formula is C17H25ClN4OS. The van der Waals surface area contributed by atoms with Gasteiger partial charge in [0.2, 0.25) is 0 Å². The van der Waals surface area contributed by atoms with Crippen LogP contribution in [0.1, 0.15) is 54.4 Å². The van der Waals surface area contributed by atoms with Gasteiger partial charge in [0.25, 0.3) is 5.91 Å². The SMILES string of the molecule is CC(C)c1nn(C)c2sc(C(=O)N3C4CCNCC3CC4)cc12.Cl. The molecule has 0 spiro atoms. The smallest absolute Gasteiger partial charge is 0.264 e. The standard InChI is InChI=1S/C17H24N4OS.ClH/c1-10(2)15-13-8-14(23-17(13)20(3)19-15)16(22)21-11-4-5-12(21)9-18-7-6-11;/h8,10-12,18H,4-7,9H2,1-3H3;1H. The number of nitrogens with zero attached hydrogens (tertiary/aromatic N) is 3. The molecule has 5 nitrogen and oxygen atoms in total. The highest BCUT2D eigenvalue weighted by Crippen LogP contribution is 2.35. The number of halogens is 1. The van der Waals surface area contributed by atoms with Crippen molar-refractivity contribution in [1.82, 2.24) is 20.0 Å². The minimum Gasteiger partial charge on any atom is -0.331 e. The van der Waals surface area contributed by atoms with Crippen molar-refractivity contribution in [3.63, 3.8) is 0 Å². The van der Waals surface area contributed by atoms with Gasteiger partial charge in [-0.3, -0.25) is 9.48 Å². The fourth-order valence-corrected chi connectivity index (χ4v) is 5.06. The molecule has 2 unspecified atom stereocenters. The Hall–Kier alpha value is -1.11. The van der Waals surface area contributed by atoms with Gasteiger partial charge in [0.1, 0.15) is 4.83 Å². The largest absolute Gasteiger partial charge is 0.331 e. The Bertz CT molecular complexity index is 739. The Labute approximate surface area is 152 Å². The van der Waals surface area contributed by atoms with E-state index in [1.165, 1.54) is 0 Å². The second kappa shape index (κ2) is 6.65. The zero-order valence-electron chi connectivity index (χ0n) is 14.4. The number of aromatic nitrogens is 2. The zero-order valence-corrected chi connectivity index (χ0v) is 16.0. The number of thiophene rings is 1. The maximum Gasteiger partial charge on any atom is 0.264 e. The maximum absolute atomic E-state index is 13.2.